The molecule has 0 atom stereocenters. The van der Waals surface area contributed by atoms with E-state index >= 15 is 0 Å². The number of anilines is 2. The standard InChI is InChI=1S/C24H22ClN5O3S/c1-3-29(17-8-6-16(25)7-9-17)24-27-19-10-12-28(14-18(19)22(31)30(24)33-2)23(32)20-13-15-5-4-11-26-21(15)34-20/h4-9,11,13H,3,10,12,14H2,1-2H3. The maximum absolute atomic E-state index is 13.4. The van der Waals surface area contributed by atoms with Crippen molar-refractivity contribution in [2.75, 3.05) is 25.1 Å². The van der Waals surface area contributed by atoms with E-state index in [1.54, 1.807) is 23.2 Å². The van der Waals surface area contributed by atoms with E-state index in [1.165, 1.54) is 23.2 Å². The van der Waals surface area contributed by atoms with Gasteiger partial charge in [-0.25, -0.2) is 9.97 Å². The lowest BCUT2D eigenvalue weighted by Gasteiger charge is -2.30. The molecule has 34 heavy (non-hydrogen) atoms. The van der Waals surface area contributed by atoms with Gasteiger partial charge in [-0.05, 0) is 43.3 Å². The van der Waals surface area contributed by atoms with Crippen LogP contribution in [-0.2, 0) is 13.0 Å². The number of amides is 1. The van der Waals surface area contributed by atoms with Crippen molar-refractivity contribution in [1.29, 1.82) is 0 Å². The molecular weight excluding hydrogens is 474 g/mol. The molecule has 1 aliphatic rings. The molecule has 0 saturated carbocycles. The molecule has 0 aliphatic carbocycles. The summed E-state index contributed by atoms with van der Waals surface area (Å²) in [5.41, 5.74) is 1.68. The van der Waals surface area contributed by atoms with Gasteiger partial charge in [-0.2, -0.15) is 0 Å². The highest BCUT2D eigenvalue weighted by Gasteiger charge is 2.29. The van der Waals surface area contributed by atoms with Crippen molar-refractivity contribution in [2.45, 2.75) is 19.9 Å². The molecule has 1 aliphatic heterocycles. The largest absolute Gasteiger partial charge is 0.411 e. The molecule has 10 heteroatoms. The fourth-order valence-electron chi connectivity index (χ4n) is 4.15. The number of pyridine rings is 1. The Labute approximate surface area is 204 Å². The first kappa shape index (κ1) is 22.4. The summed E-state index contributed by atoms with van der Waals surface area (Å²) in [4.78, 5) is 46.2. The maximum atomic E-state index is 13.4. The van der Waals surface area contributed by atoms with Gasteiger partial charge in [0.15, 0.2) is 0 Å². The normalized spacial score (nSPS) is 13.1. The van der Waals surface area contributed by atoms with Crippen LogP contribution in [0.4, 0.5) is 11.6 Å². The zero-order valence-corrected chi connectivity index (χ0v) is 20.3. The van der Waals surface area contributed by atoms with Crippen LogP contribution in [0.25, 0.3) is 10.2 Å². The summed E-state index contributed by atoms with van der Waals surface area (Å²) >= 11 is 7.40. The predicted molar refractivity (Wildman–Crippen MR) is 133 cm³/mol. The molecule has 8 nitrogen and oxygen atoms in total. The highest BCUT2D eigenvalue weighted by atomic mass is 35.5. The quantitative estimate of drug-likeness (QED) is 0.417. The van der Waals surface area contributed by atoms with Crippen LogP contribution in [0.2, 0.25) is 5.02 Å². The highest BCUT2D eigenvalue weighted by molar-refractivity contribution is 7.20. The number of rotatable bonds is 5. The Hall–Kier alpha value is -3.43. The number of fused-ring (bicyclic) bond motifs is 2. The summed E-state index contributed by atoms with van der Waals surface area (Å²) in [6, 6.07) is 13.0. The lowest BCUT2D eigenvalue weighted by atomic mass is 10.1. The fourth-order valence-corrected chi connectivity index (χ4v) is 5.24. The first-order valence-corrected chi connectivity index (χ1v) is 12.1. The second-order valence-corrected chi connectivity index (χ2v) is 9.29. The molecule has 0 unspecified atom stereocenters. The molecule has 4 aromatic rings. The summed E-state index contributed by atoms with van der Waals surface area (Å²) in [6.45, 7) is 3.20. The van der Waals surface area contributed by atoms with Crippen LogP contribution in [0.3, 0.4) is 0 Å². The van der Waals surface area contributed by atoms with Crippen LogP contribution in [0.5, 0.6) is 0 Å². The minimum absolute atomic E-state index is 0.113. The fraction of sp³-hybridized carbons (Fsp3) is 0.250. The number of hydrogen-bond acceptors (Lipinski definition) is 7. The van der Waals surface area contributed by atoms with E-state index in [-0.39, 0.29) is 18.0 Å². The van der Waals surface area contributed by atoms with Gasteiger partial charge in [-0.1, -0.05) is 17.7 Å². The summed E-state index contributed by atoms with van der Waals surface area (Å²) in [5.74, 6) is 0.281. The van der Waals surface area contributed by atoms with Crippen molar-refractivity contribution in [1.82, 2.24) is 19.6 Å². The first-order valence-electron chi connectivity index (χ1n) is 10.9. The summed E-state index contributed by atoms with van der Waals surface area (Å²) in [6.07, 6.45) is 2.19. The van der Waals surface area contributed by atoms with Gasteiger partial charge in [0.05, 0.1) is 22.7 Å². The highest BCUT2D eigenvalue weighted by Crippen LogP contribution is 2.28. The average Bonchev–Trinajstić information content (AvgIpc) is 3.30. The lowest BCUT2D eigenvalue weighted by Crippen LogP contribution is -2.43. The number of benzene rings is 1. The molecule has 1 amide bonds. The Bertz CT molecular complexity index is 1400. The number of halogens is 1. The molecule has 0 saturated heterocycles. The number of carbonyl (C=O) groups excluding carboxylic acids is 1. The third kappa shape index (κ3) is 3.91. The van der Waals surface area contributed by atoms with Crippen LogP contribution < -0.4 is 15.3 Å². The first-order chi connectivity index (χ1) is 16.5. The van der Waals surface area contributed by atoms with Crippen molar-refractivity contribution >= 4 is 50.7 Å². The minimum Gasteiger partial charge on any atom is -0.411 e. The number of aromatic nitrogens is 3. The van der Waals surface area contributed by atoms with Gasteiger partial charge in [0.2, 0.25) is 5.95 Å². The van der Waals surface area contributed by atoms with Crippen LogP contribution >= 0.6 is 22.9 Å². The van der Waals surface area contributed by atoms with Gasteiger partial charge in [-0.3, -0.25) is 9.59 Å². The third-order valence-electron chi connectivity index (χ3n) is 5.85. The van der Waals surface area contributed by atoms with E-state index in [4.69, 9.17) is 21.4 Å². The Morgan fingerprint density at radius 3 is 2.76 bits per heavy atom. The van der Waals surface area contributed by atoms with Crippen LogP contribution in [-0.4, -0.2) is 45.7 Å². The van der Waals surface area contributed by atoms with Crippen molar-refractivity contribution in [3.05, 3.63) is 80.2 Å². The predicted octanol–water partition coefficient (Wildman–Crippen LogP) is 3.92. The molecule has 1 aromatic carbocycles. The van der Waals surface area contributed by atoms with E-state index in [2.05, 4.69) is 4.98 Å². The minimum atomic E-state index is -0.314. The molecule has 0 radical (unpaired) electrons. The number of nitrogens with zero attached hydrogens (tertiary/aromatic N) is 5. The molecular formula is C24H22ClN5O3S. The van der Waals surface area contributed by atoms with Gasteiger partial charge >= 0.3 is 0 Å². The third-order valence-corrected chi connectivity index (χ3v) is 7.14. The average molecular weight is 496 g/mol. The Morgan fingerprint density at radius 1 is 1.26 bits per heavy atom. The number of thiophene rings is 1. The van der Waals surface area contributed by atoms with E-state index in [9.17, 15) is 9.59 Å². The number of hydrogen-bond donors (Lipinski definition) is 0. The van der Waals surface area contributed by atoms with Gasteiger partial charge in [-0.15, -0.1) is 16.1 Å². The van der Waals surface area contributed by atoms with Crippen molar-refractivity contribution in [2.24, 2.45) is 0 Å². The molecule has 5 rings (SSSR count). The van der Waals surface area contributed by atoms with Crippen LogP contribution in [0.1, 0.15) is 27.9 Å². The van der Waals surface area contributed by atoms with Crippen LogP contribution in [0, 0.1) is 0 Å². The van der Waals surface area contributed by atoms with E-state index in [0.717, 1.165) is 15.9 Å². The maximum Gasteiger partial charge on any atom is 0.293 e. The van der Waals surface area contributed by atoms with Gasteiger partial charge in [0.1, 0.15) is 11.9 Å². The zero-order valence-electron chi connectivity index (χ0n) is 18.7. The lowest BCUT2D eigenvalue weighted by molar-refractivity contribution is 0.0733. The van der Waals surface area contributed by atoms with Gasteiger partial charge in [0, 0.05) is 41.8 Å². The molecule has 174 valence electrons. The molecule has 0 spiro atoms. The Balaban J connectivity index is 1.49. The Kier molecular flexibility index (Phi) is 5.97. The Morgan fingerprint density at radius 2 is 2.06 bits per heavy atom. The second-order valence-electron chi connectivity index (χ2n) is 7.82. The van der Waals surface area contributed by atoms with E-state index in [0.29, 0.717) is 46.6 Å². The monoisotopic (exact) mass is 495 g/mol. The number of carbonyl (C=O) groups is 1. The molecule has 0 fully saturated rings. The van der Waals surface area contributed by atoms with Crippen molar-refractivity contribution in [3.63, 3.8) is 0 Å². The molecule has 3 aromatic heterocycles. The summed E-state index contributed by atoms with van der Waals surface area (Å²) in [7, 11) is 1.44. The second kappa shape index (κ2) is 9.08. The van der Waals surface area contributed by atoms with E-state index < -0.39 is 0 Å². The molecule has 4 heterocycles. The van der Waals surface area contributed by atoms with Crippen LogP contribution in [0.15, 0.2) is 53.5 Å². The van der Waals surface area contributed by atoms with E-state index in [1.807, 2.05) is 42.2 Å². The topological polar surface area (TPSA) is 80.6 Å². The summed E-state index contributed by atoms with van der Waals surface area (Å²) < 4.78 is 1.19. The smallest absolute Gasteiger partial charge is 0.293 e. The molecule has 0 bridgehead atoms. The van der Waals surface area contributed by atoms with Crippen molar-refractivity contribution < 1.29 is 9.63 Å². The zero-order chi connectivity index (χ0) is 23.8. The van der Waals surface area contributed by atoms with Gasteiger partial charge < -0.3 is 14.6 Å². The van der Waals surface area contributed by atoms with Crippen molar-refractivity contribution in [3.8, 4) is 0 Å². The summed E-state index contributed by atoms with van der Waals surface area (Å²) in [5, 5.41) is 1.56. The van der Waals surface area contributed by atoms with Gasteiger partial charge in [0.25, 0.3) is 11.5 Å². The SMILES string of the molecule is CCN(c1ccc(Cl)cc1)c1nc2c(c(=O)n1OC)CN(C(=O)c1cc3cccnc3s1)CC2. The molecule has 0 N–H and O–H groups in total.